The van der Waals surface area contributed by atoms with Gasteiger partial charge >= 0.3 is 5.97 Å². The molecule has 7 heteroatoms. The minimum Gasteiger partial charge on any atom is -0.479 e. The summed E-state index contributed by atoms with van der Waals surface area (Å²) in [5, 5.41) is 13.7. The maximum absolute atomic E-state index is 13.4. The number of rotatable bonds is 8. The molecule has 1 N–H and O–H groups in total. The molecule has 0 aliphatic heterocycles. The first-order valence-electron chi connectivity index (χ1n) is 10.1. The van der Waals surface area contributed by atoms with E-state index in [2.05, 4.69) is 5.10 Å². The number of ether oxygens (including phenoxy) is 2. The molecule has 0 saturated carbocycles. The molecule has 1 atom stereocenters. The normalized spacial score (nSPS) is 11.7. The van der Waals surface area contributed by atoms with Crippen LogP contribution in [0.1, 0.15) is 13.3 Å². The fraction of sp³-hybridized carbons (Fsp3) is 0.120. The van der Waals surface area contributed by atoms with Crippen molar-refractivity contribution in [2.75, 3.05) is 0 Å². The standard InChI is InChI=1S/C25H21FN2O4/c1-2-23(25(29)30)32-24-16-22(28(27-24)19-12-10-18(26)11-13-19)17-8-14-21(15-9-17)31-20-6-4-3-5-7-20/h3-16,23H,2H2,1H3,(H,29,30). The van der Waals surface area contributed by atoms with Crippen LogP contribution in [-0.4, -0.2) is 27.0 Å². The molecule has 32 heavy (non-hydrogen) atoms. The highest BCUT2D eigenvalue weighted by molar-refractivity contribution is 5.72. The molecule has 4 aromatic rings. The topological polar surface area (TPSA) is 73.6 Å². The van der Waals surface area contributed by atoms with Gasteiger partial charge in [0.2, 0.25) is 5.88 Å². The van der Waals surface area contributed by atoms with E-state index in [4.69, 9.17) is 9.47 Å². The van der Waals surface area contributed by atoms with E-state index in [-0.39, 0.29) is 11.7 Å². The first-order chi connectivity index (χ1) is 15.5. The van der Waals surface area contributed by atoms with E-state index in [1.807, 2.05) is 54.6 Å². The highest BCUT2D eigenvalue weighted by Gasteiger charge is 2.20. The first-order valence-corrected chi connectivity index (χ1v) is 10.1. The molecule has 1 heterocycles. The summed E-state index contributed by atoms with van der Waals surface area (Å²) in [4.78, 5) is 11.4. The van der Waals surface area contributed by atoms with Gasteiger partial charge in [0.1, 0.15) is 17.3 Å². The second-order valence-corrected chi connectivity index (χ2v) is 7.05. The highest BCUT2D eigenvalue weighted by atomic mass is 19.1. The molecule has 3 aromatic carbocycles. The Labute approximate surface area is 184 Å². The summed E-state index contributed by atoms with van der Waals surface area (Å²) in [6, 6.07) is 24.4. The van der Waals surface area contributed by atoms with Crippen LogP contribution in [0.2, 0.25) is 0 Å². The van der Waals surface area contributed by atoms with E-state index in [1.165, 1.54) is 12.1 Å². The molecule has 0 bridgehead atoms. The van der Waals surface area contributed by atoms with E-state index in [0.29, 0.717) is 23.6 Å². The summed E-state index contributed by atoms with van der Waals surface area (Å²) in [6.07, 6.45) is -0.722. The van der Waals surface area contributed by atoms with Crippen molar-refractivity contribution in [3.05, 3.63) is 90.7 Å². The molecular weight excluding hydrogens is 411 g/mol. The lowest BCUT2D eigenvalue weighted by molar-refractivity contribution is -0.145. The number of hydrogen-bond acceptors (Lipinski definition) is 4. The number of para-hydroxylation sites is 1. The van der Waals surface area contributed by atoms with Crippen molar-refractivity contribution in [1.29, 1.82) is 0 Å². The van der Waals surface area contributed by atoms with Crippen molar-refractivity contribution in [3.63, 3.8) is 0 Å². The zero-order valence-corrected chi connectivity index (χ0v) is 17.3. The second-order valence-electron chi connectivity index (χ2n) is 7.05. The Balaban J connectivity index is 1.68. The second kappa shape index (κ2) is 9.34. The molecule has 0 radical (unpaired) electrons. The lowest BCUT2D eigenvalue weighted by Crippen LogP contribution is -2.26. The zero-order valence-electron chi connectivity index (χ0n) is 17.3. The van der Waals surface area contributed by atoms with Crippen molar-refractivity contribution < 1.29 is 23.8 Å². The van der Waals surface area contributed by atoms with Gasteiger partial charge in [-0.2, -0.15) is 0 Å². The lowest BCUT2D eigenvalue weighted by atomic mass is 10.1. The van der Waals surface area contributed by atoms with E-state index >= 15 is 0 Å². The van der Waals surface area contributed by atoms with Crippen LogP contribution in [0.15, 0.2) is 84.9 Å². The van der Waals surface area contributed by atoms with Crippen LogP contribution in [0.25, 0.3) is 16.9 Å². The average Bonchev–Trinajstić information content (AvgIpc) is 3.23. The number of benzene rings is 3. The predicted octanol–water partition coefficient (Wildman–Crippen LogP) is 5.71. The van der Waals surface area contributed by atoms with Crippen LogP contribution in [0, 0.1) is 5.82 Å². The fourth-order valence-electron chi connectivity index (χ4n) is 3.17. The number of carbonyl (C=O) groups is 1. The Morgan fingerprint density at radius 3 is 2.28 bits per heavy atom. The van der Waals surface area contributed by atoms with Gasteiger partial charge in [0.25, 0.3) is 0 Å². The summed E-state index contributed by atoms with van der Waals surface area (Å²) < 4.78 is 26.4. The smallest absolute Gasteiger partial charge is 0.344 e. The average molecular weight is 432 g/mol. The monoisotopic (exact) mass is 432 g/mol. The van der Waals surface area contributed by atoms with Gasteiger partial charge in [-0.1, -0.05) is 25.1 Å². The van der Waals surface area contributed by atoms with Crippen molar-refractivity contribution in [3.8, 4) is 34.3 Å². The number of halogens is 1. The number of aromatic nitrogens is 2. The zero-order chi connectivity index (χ0) is 22.5. The lowest BCUT2D eigenvalue weighted by Gasteiger charge is -2.10. The summed E-state index contributed by atoms with van der Waals surface area (Å²) in [5.41, 5.74) is 2.09. The summed E-state index contributed by atoms with van der Waals surface area (Å²) in [6.45, 7) is 1.72. The Bertz CT molecular complexity index is 1190. The van der Waals surface area contributed by atoms with Gasteiger partial charge in [0, 0.05) is 11.6 Å². The molecule has 4 rings (SSSR count). The fourth-order valence-corrected chi connectivity index (χ4v) is 3.17. The number of nitrogens with zero attached hydrogens (tertiary/aromatic N) is 2. The SMILES string of the molecule is CCC(Oc1cc(-c2ccc(Oc3ccccc3)cc2)n(-c2ccc(F)cc2)n1)C(=O)O. The van der Waals surface area contributed by atoms with Gasteiger partial charge in [0.15, 0.2) is 6.10 Å². The molecule has 1 unspecified atom stereocenters. The van der Waals surface area contributed by atoms with E-state index < -0.39 is 12.1 Å². The Morgan fingerprint density at radius 1 is 1.00 bits per heavy atom. The molecule has 0 fully saturated rings. The molecule has 162 valence electrons. The van der Waals surface area contributed by atoms with Gasteiger partial charge in [0.05, 0.1) is 11.4 Å². The number of carboxylic acids is 1. The third-order valence-corrected chi connectivity index (χ3v) is 4.80. The number of aliphatic carboxylic acids is 1. The third-order valence-electron chi connectivity index (χ3n) is 4.80. The molecule has 0 aliphatic carbocycles. The summed E-state index contributed by atoms with van der Waals surface area (Å²) >= 11 is 0. The number of hydrogen-bond donors (Lipinski definition) is 1. The summed E-state index contributed by atoms with van der Waals surface area (Å²) in [7, 11) is 0. The molecule has 0 spiro atoms. The van der Waals surface area contributed by atoms with Crippen LogP contribution >= 0.6 is 0 Å². The van der Waals surface area contributed by atoms with Crippen molar-refractivity contribution >= 4 is 5.97 Å². The van der Waals surface area contributed by atoms with Crippen LogP contribution in [-0.2, 0) is 4.79 Å². The van der Waals surface area contributed by atoms with Crippen molar-refractivity contribution in [1.82, 2.24) is 9.78 Å². The van der Waals surface area contributed by atoms with Crippen molar-refractivity contribution in [2.24, 2.45) is 0 Å². The van der Waals surface area contributed by atoms with Gasteiger partial charge in [-0.3, -0.25) is 0 Å². The Morgan fingerprint density at radius 2 is 1.66 bits per heavy atom. The van der Waals surface area contributed by atoms with E-state index in [0.717, 1.165) is 11.3 Å². The minimum atomic E-state index is -1.06. The largest absolute Gasteiger partial charge is 0.479 e. The first kappa shape index (κ1) is 21.1. The number of carboxylic acid groups (broad SMARTS) is 1. The molecule has 1 aromatic heterocycles. The maximum atomic E-state index is 13.4. The molecule has 0 amide bonds. The highest BCUT2D eigenvalue weighted by Crippen LogP contribution is 2.30. The molecule has 0 saturated heterocycles. The van der Waals surface area contributed by atoms with Gasteiger partial charge in [-0.05, 0) is 67.1 Å². The van der Waals surface area contributed by atoms with E-state index in [9.17, 15) is 14.3 Å². The van der Waals surface area contributed by atoms with Crippen LogP contribution in [0.5, 0.6) is 17.4 Å². The molecular formula is C25H21FN2O4. The van der Waals surface area contributed by atoms with E-state index in [1.54, 1.807) is 29.8 Å². The van der Waals surface area contributed by atoms with Crippen LogP contribution < -0.4 is 9.47 Å². The Hall–Kier alpha value is -4.13. The molecule has 6 nitrogen and oxygen atoms in total. The maximum Gasteiger partial charge on any atom is 0.344 e. The van der Waals surface area contributed by atoms with Crippen molar-refractivity contribution in [2.45, 2.75) is 19.4 Å². The minimum absolute atomic E-state index is 0.170. The van der Waals surface area contributed by atoms with Gasteiger partial charge < -0.3 is 14.6 Å². The Kier molecular flexibility index (Phi) is 6.17. The van der Waals surface area contributed by atoms with Crippen LogP contribution in [0.3, 0.4) is 0 Å². The van der Waals surface area contributed by atoms with Crippen LogP contribution in [0.4, 0.5) is 4.39 Å². The third kappa shape index (κ3) is 4.78. The van der Waals surface area contributed by atoms with Gasteiger partial charge in [-0.25, -0.2) is 13.9 Å². The quantitative estimate of drug-likeness (QED) is 0.386. The summed E-state index contributed by atoms with van der Waals surface area (Å²) in [5.74, 6) is 0.141. The van der Waals surface area contributed by atoms with Gasteiger partial charge in [-0.15, -0.1) is 5.10 Å². The predicted molar refractivity (Wildman–Crippen MR) is 118 cm³/mol. The molecule has 0 aliphatic rings.